The molecule has 1 aromatic rings. The van der Waals surface area contributed by atoms with Crippen molar-refractivity contribution in [2.45, 2.75) is 32.0 Å². The number of hydrogen-bond acceptors (Lipinski definition) is 5. The van der Waals surface area contributed by atoms with Crippen LogP contribution in [0.2, 0.25) is 0 Å². The zero-order valence-electron chi connectivity index (χ0n) is 11.5. The SMILES string of the molecule is CCn1ncnc1CC(O)C1CN(C)CCN1C. The van der Waals surface area contributed by atoms with E-state index < -0.39 is 6.10 Å². The fraction of sp³-hybridized carbons (Fsp3) is 0.833. The van der Waals surface area contributed by atoms with Crippen LogP contribution >= 0.6 is 0 Å². The van der Waals surface area contributed by atoms with Gasteiger partial charge in [0.05, 0.1) is 6.10 Å². The second kappa shape index (κ2) is 5.77. The van der Waals surface area contributed by atoms with Crippen molar-refractivity contribution in [3.63, 3.8) is 0 Å². The van der Waals surface area contributed by atoms with Crippen molar-refractivity contribution in [3.8, 4) is 0 Å². The van der Waals surface area contributed by atoms with Gasteiger partial charge < -0.3 is 10.0 Å². The summed E-state index contributed by atoms with van der Waals surface area (Å²) in [6.45, 7) is 5.79. The Bertz CT molecular complexity index is 380. The first-order valence-corrected chi connectivity index (χ1v) is 6.55. The highest BCUT2D eigenvalue weighted by Gasteiger charge is 2.29. The fourth-order valence-corrected chi connectivity index (χ4v) is 2.49. The van der Waals surface area contributed by atoms with Crippen LogP contribution in [-0.4, -0.2) is 75.5 Å². The van der Waals surface area contributed by atoms with E-state index in [-0.39, 0.29) is 6.04 Å². The minimum absolute atomic E-state index is 0.172. The molecule has 18 heavy (non-hydrogen) atoms. The summed E-state index contributed by atoms with van der Waals surface area (Å²) in [7, 11) is 4.17. The Hall–Kier alpha value is -0.980. The molecule has 6 heteroatoms. The van der Waals surface area contributed by atoms with Crippen molar-refractivity contribution in [2.75, 3.05) is 33.7 Å². The van der Waals surface area contributed by atoms with E-state index in [9.17, 15) is 5.11 Å². The lowest BCUT2D eigenvalue weighted by molar-refractivity contribution is 0.0139. The molecule has 0 saturated carbocycles. The number of hydrogen-bond donors (Lipinski definition) is 1. The number of piperazine rings is 1. The highest BCUT2D eigenvalue weighted by atomic mass is 16.3. The van der Waals surface area contributed by atoms with Crippen LogP contribution in [0.5, 0.6) is 0 Å². The molecule has 0 aliphatic carbocycles. The molecule has 1 aliphatic heterocycles. The van der Waals surface area contributed by atoms with Gasteiger partial charge in [-0.25, -0.2) is 4.98 Å². The lowest BCUT2D eigenvalue weighted by atomic mass is 10.0. The van der Waals surface area contributed by atoms with Gasteiger partial charge in [0.2, 0.25) is 0 Å². The summed E-state index contributed by atoms with van der Waals surface area (Å²) in [4.78, 5) is 8.72. The van der Waals surface area contributed by atoms with E-state index in [4.69, 9.17) is 0 Å². The maximum atomic E-state index is 10.4. The van der Waals surface area contributed by atoms with Crippen molar-refractivity contribution in [3.05, 3.63) is 12.2 Å². The lowest BCUT2D eigenvalue weighted by Crippen LogP contribution is -2.55. The van der Waals surface area contributed by atoms with Gasteiger partial charge in [-0.2, -0.15) is 5.10 Å². The molecule has 2 unspecified atom stereocenters. The number of nitrogens with zero attached hydrogens (tertiary/aromatic N) is 5. The van der Waals surface area contributed by atoms with E-state index in [0.717, 1.165) is 32.0 Å². The number of likely N-dealkylation sites (N-methyl/N-ethyl adjacent to an activating group) is 2. The quantitative estimate of drug-likeness (QED) is 0.780. The second-order valence-corrected chi connectivity index (χ2v) is 5.07. The molecule has 2 heterocycles. The molecule has 1 fully saturated rings. The molecule has 1 aliphatic rings. The van der Waals surface area contributed by atoms with Gasteiger partial charge in [-0.05, 0) is 21.0 Å². The molecule has 0 amide bonds. The molecular formula is C12H23N5O. The second-order valence-electron chi connectivity index (χ2n) is 5.07. The Kier molecular flexibility index (Phi) is 4.31. The van der Waals surface area contributed by atoms with E-state index in [2.05, 4.69) is 34.0 Å². The van der Waals surface area contributed by atoms with Crippen LogP contribution < -0.4 is 0 Å². The van der Waals surface area contributed by atoms with Gasteiger partial charge in [-0.3, -0.25) is 9.58 Å². The van der Waals surface area contributed by atoms with Crippen LogP contribution in [0.4, 0.5) is 0 Å². The van der Waals surface area contributed by atoms with E-state index >= 15 is 0 Å². The smallest absolute Gasteiger partial charge is 0.138 e. The molecule has 1 aromatic heterocycles. The molecule has 6 nitrogen and oxygen atoms in total. The minimum atomic E-state index is -0.396. The summed E-state index contributed by atoms with van der Waals surface area (Å²) in [6.07, 6.45) is 1.73. The van der Waals surface area contributed by atoms with Crippen LogP contribution in [-0.2, 0) is 13.0 Å². The molecule has 0 radical (unpaired) electrons. The molecule has 0 bridgehead atoms. The third kappa shape index (κ3) is 2.88. The predicted molar refractivity (Wildman–Crippen MR) is 69.3 cm³/mol. The first-order chi connectivity index (χ1) is 8.61. The standard InChI is InChI=1S/C12H23N5O/c1-4-17-12(13-9-14-17)7-11(18)10-8-15(2)5-6-16(10)3/h9-11,18H,4-8H2,1-3H3. The zero-order chi connectivity index (χ0) is 13.1. The van der Waals surface area contributed by atoms with Gasteiger partial charge >= 0.3 is 0 Å². The predicted octanol–water partition coefficient (Wildman–Crippen LogP) is -0.553. The molecule has 1 N–H and O–H groups in total. The first-order valence-electron chi connectivity index (χ1n) is 6.55. The van der Waals surface area contributed by atoms with Gasteiger partial charge in [0.15, 0.2) is 0 Å². The van der Waals surface area contributed by atoms with Crippen LogP contribution in [0.25, 0.3) is 0 Å². The van der Waals surface area contributed by atoms with E-state index in [0.29, 0.717) is 6.42 Å². The first kappa shape index (κ1) is 13.5. The van der Waals surface area contributed by atoms with Crippen LogP contribution in [0, 0.1) is 0 Å². The maximum absolute atomic E-state index is 10.4. The molecular weight excluding hydrogens is 230 g/mol. The Morgan fingerprint density at radius 3 is 2.94 bits per heavy atom. The third-order valence-corrected chi connectivity index (χ3v) is 3.73. The molecule has 0 spiro atoms. The number of aryl methyl sites for hydroxylation is 1. The molecule has 0 aromatic carbocycles. The highest BCUT2D eigenvalue weighted by molar-refractivity contribution is 4.93. The molecule has 2 atom stereocenters. The number of aliphatic hydroxyl groups is 1. The van der Waals surface area contributed by atoms with Gasteiger partial charge in [-0.1, -0.05) is 0 Å². The van der Waals surface area contributed by atoms with Crippen molar-refractivity contribution in [1.29, 1.82) is 0 Å². The largest absolute Gasteiger partial charge is 0.391 e. The number of rotatable bonds is 4. The van der Waals surface area contributed by atoms with Crippen LogP contribution in [0.1, 0.15) is 12.7 Å². The highest BCUT2D eigenvalue weighted by Crippen LogP contribution is 2.13. The lowest BCUT2D eigenvalue weighted by Gasteiger charge is -2.40. The Morgan fingerprint density at radius 1 is 1.44 bits per heavy atom. The number of aromatic nitrogens is 3. The van der Waals surface area contributed by atoms with Crippen molar-refractivity contribution >= 4 is 0 Å². The fourth-order valence-electron chi connectivity index (χ4n) is 2.49. The van der Waals surface area contributed by atoms with Gasteiger partial charge in [0.25, 0.3) is 0 Å². The summed E-state index contributed by atoms with van der Waals surface area (Å²) >= 11 is 0. The summed E-state index contributed by atoms with van der Waals surface area (Å²) < 4.78 is 1.84. The van der Waals surface area contributed by atoms with Crippen molar-refractivity contribution < 1.29 is 5.11 Å². The average Bonchev–Trinajstić information content (AvgIpc) is 2.79. The van der Waals surface area contributed by atoms with E-state index in [1.165, 1.54) is 0 Å². The molecule has 1 saturated heterocycles. The van der Waals surface area contributed by atoms with E-state index in [1.807, 2.05) is 11.6 Å². The maximum Gasteiger partial charge on any atom is 0.138 e. The topological polar surface area (TPSA) is 57.4 Å². The Balaban J connectivity index is 2.00. The Labute approximate surface area is 108 Å². The summed E-state index contributed by atoms with van der Waals surface area (Å²) in [5, 5.41) is 14.5. The number of aliphatic hydroxyl groups excluding tert-OH is 1. The Morgan fingerprint density at radius 2 is 2.22 bits per heavy atom. The van der Waals surface area contributed by atoms with Crippen LogP contribution in [0.15, 0.2) is 6.33 Å². The zero-order valence-corrected chi connectivity index (χ0v) is 11.5. The van der Waals surface area contributed by atoms with Crippen molar-refractivity contribution in [2.24, 2.45) is 0 Å². The summed E-state index contributed by atoms with van der Waals surface area (Å²) in [6, 6.07) is 0.172. The molecule has 2 rings (SSSR count). The third-order valence-electron chi connectivity index (χ3n) is 3.73. The van der Waals surface area contributed by atoms with Crippen LogP contribution in [0.3, 0.4) is 0 Å². The van der Waals surface area contributed by atoms with E-state index in [1.54, 1.807) is 6.33 Å². The normalized spacial score (nSPS) is 24.3. The monoisotopic (exact) mass is 253 g/mol. The average molecular weight is 253 g/mol. The van der Waals surface area contributed by atoms with Gasteiger partial charge in [-0.15, -0.1) is 0 Å². The van der Waals surface area contributed by atoms with Gasteiger partial charge in [0.1, 0.15) is 12.2 Å². The minimum Gasteiger partial charge on any atom is -0.391 e. The summed E-state index contributed by atoms with van der Waals surface area (Å²) in [5.74, 6) is 0.867. The van der Waals surface area contributed by atoms with Crippen molar-refractivity contribution in [1.82, 2.24) is 24.6 Å². The van der Waals surface area contributed by atoms with Gasteiger partial charge in [0, 0.05) is 38.6 Å². The summed E-state index contributed by atoms with van der Waals surface area (Å²) in [5.41, 5.74) is 0. The molecule has 102 valence electrons.